The van der Waals surface area contributed by atoms with Crippen LogP contribution >= 0.6 is 24.0 Å². The molecule has 1 aliphatic rings. The number of amides is 1. The van der Waals surface area contributed by atoms with Gasteiger partial charge in [-0.2, -0.15) is 0 Å². The first-order chi connectivity index (χ1) is 15.0. The number of nitrogens with zero attached hydrogens (tertiary/aromatic N) is 1. The summed E-state index contributed by atoms with van der Waals surface area (Å²) in [5.41, 5.74) is 3.20. The van der Waals surface area contributed by atoms with E-state index in [1.165, 1.54) is 22.2 Å². The van der Waals surface area contributed by atoms with Crippen LogP contribution < -0.4 is 4.74 Å². The number of hydrogen-bond acceptors (Lipinski definition) is 6. The number of carbonyl (C=O) groups is 2. The summed E-state index contributed by atoms with van der Waals surface area (Å²) in [5, 5.41) is 0. The highest BCUT2D eigenvalue weighted by Crippen LogP contribution is 2.33. The van der Waals surface area contributed by atoms with Crippen LogP contribution in [0.25, 0.3) is 6.08 Å². The molecule has 1 heterocycles. The Balaban J connectivity index is 1.56. The van der Waals surface area contributed by atoms with Crippen molar-refractivity contribution in [1.29, 1.82) is 0 Å². The Morgan fingerprint density at radius 2 is 1.97 bits per heavy atom. The van der Waals surface area contributed by atoms with Gasteiger partial charge in [0, 0.05) is 6.54 Å². The summed E-state index contributed by atoms with van der Waals surface area (Å²) in [4.78, 5) is 26.4. The molecule has 0 aliphatic carbocycles. The van der Waals surface area contributed by atoms with Gasteiger partial charge in [-0.25, -0.2) is 0 Å². The Hall–Kier alpha value is -2.64. The average molecular weight is 456 g/mol. The Morgan fingerprint density at radius 3 is 2.68 bits per heavy atom. The minimum atomic E-state index is -0.318. The van der Waals surface area contributed by atoms with E-state index in [0.29, 0.717) is 22.4 Å². The number of thioether (sulfide) groups is 1. The van der Waals surface area contributed by atoms with Crippen molar-refractivity contribution in [2.45, 2.75) is 33.3 Å². The summed E-state index contributed by atoms with van der Waals surface area (Å²) in [7, 11) is 0. The second-order valence-corrected chi connectivity index (χ2v) is 8.83. The Bertz CT molecular complexity index is 985. The molecule has 3 rings (SSSR count). The van der Waals surface area contributed by atoms with E-state index in [0.717, 1.165) is 23.3 Å². The smallest absolute Gasteiger partial charge is 0.307 e. The quantitative estimate of drug-likeness (QED) is 0.297. The molecule has 0 radical (unpaired) electrons. The molecule has 1 amide bonds. The van der Waals surface area contributed by atoms with Crippen LogP contribution in [0.2, 0.25) is 0 Å². The van der Waals surface area contributed by atoms with Gasteiger partial charge in [-0.15, -0.1) is 0 Å². The standard InChI is InChI=1S/C24H25NO4S2/c1-3-13-28-22(26)11-12-25-23(27)21(31-24(25)30)15-18-7-9-20(10-8-18)29-16-19-6-4-5-17(2)14-19/h4-10,14-15H,3,11-13,16H2,1-2H3/b21-15+. The zero-order chi connectivity index (χ0) is 22.2. The van der Waals surface area contributed by atoms with E-state index < -0.39 is 0 Å². The van der Waals surface area contributed by atoms with Gasteiger partial charge in [0.1, 0.15) is 16.7 Å². The summed E-state index contributed by atoms with van der Waals surface area (Å²) in [5.74, 6) is 0.260. The summed E-state index contributed by atoms with van der Waals surface area (Å²) in [6.45, 7) is 5.11. The molecule has 0 saturated carbocycles. The minimum absolute atomic E-state index is 0.132. The van der Waals surface area contributed by atoms with Crippen molar-refractivity contribution in [3.63, 3.8) is 0 Å². The predicted octanol–water partition coefficient (Wildman–Crippen LogP) is 5.12. The van der Waals surface area contributed by atoms with Crippen LogP contribution in [-0.4, -0.2) is 34.2 Å². The lowest BCUT2D eigenvalue weighted by Gasteiger charge is -2.13. The molecule has 5 nitrogen and oxygen atoms in total. The molecule has 2 aromatic rings. The summed E-state index contributed by atoms with van der Waals surface area (Å²) in [6, 6.07) is 15.8. The van der Waals surface area contributed by atoms with E-state index >= 15 is 0 Å². The summed E-state index contributed by atoms with van der Waals surface area (Å²) < 4.78 is 11.4. The third kappa shape index (κ3) is 6.67. The van der Waals surface area contributed by atoms with Crippen molar-refractivity contribution in [1.82, 2.24) is 4.90 Å². The molecule has 0 bridgehead atoms. The van der Waals surface area contributed by atoms with Gasteiger partial charge in [-0.1, -0.05) is 72.9 Å². The second-order valence-electron chi connectivity index (χ2n) is 7.15. The van der Waals surface area contributed by atoms with Crippen molar-refractivity contribution in [3.05, 3.63) is 70.1 Å². The first-order valence-corrected chi connectivity index (χ1v) is 11.4. The van der Waals surface area contributed by atoms with E-state index in [1.54, 1.807) is 6.08 Å². The molecule has 162 valence electrons. The molecule has 2 aromatic carbocycles. The maximum Gasteiger partial charge on any atom is 0.307 e. The van der Waals surface area contributed by atoms with Crippen molar-refractivity contribution in [3.8, 4) is 5.75 Å². The highest BCUT2D eigenvalue weighted by atomic mass is 32.2. The highest BCUT2D eigenvalue weighted by Gasteiger charge is 2.32. The molecule has 0 aromatic heterocycles. The third-order valence-electron chi connectivity index (χ3n) is 4.55. The summed E-state index contributed by atoms with van der Waals surface area (Å²) >= 11 is 6.56. The van der Waals surface area contributed by atoms with Crippen LogP contribution in [0.3, 0.4) is 0 Å². The van der Waals surface area contributed by atoms with Crippen LogP contribution in [0.5, 0.6) is 5.75 Å². The number of rotatable bonds is 9. The van der Waals surface area contributed by atoms with E-state index in [4.69, 9.17) is 21.7 Å². The van der Waals surface area contributed by atoms with Gasteiger partial charge in [0.2, 0.25) is 0 Å². The largest absolute Gasteiger partial charge is 0.489 e. The maximum absolute atomic E-state index is 12.7. The molecule has 1 fully saturated rings. The number of ether oxygens (including phenoxy) is 2. The van der Waals surface area contributed by atoms with Crippen LogP contribution in [0, 0.1) is 6.92 Å². The van der Waals surface area contributed by atoms with Crippen LogP contribution in [-0.2, 0) is 20.9 Å². The fraction of sp³-hybridized carbons (Fsp3) is 0.292. The Labute approximate surface area is 192 Å². The zero-order valence-corrected chi connectivity index (χ0v) is 19.3. The maximum atomic E-state index is 12.7. The lowest BCUT2D eigenvalue weighted by Crippen LogP contribution is -2.30. The predicted molar refractivity (Wildman–Crippen MR) is 128 cm³/mol. The van der Waals surface area contributed by atoms with Gasteiger partial charge in [-0.3, -0.25) is 14.5 Å². The Morgan fingerprint density at radius 1 is 1.19 bits per heavy atom. The van der Waals surface area contributed by atoms with Crippen LogP contribution in [0.1, 0.15) is 36.5 Å². The van der Waals surface area contributed by atoms with E-state index in [9.17, 15) is 9.59 Å². The number of esters is 1. The molecule has 0 atom stereocenters. The number of thiocarbonyl (C=S) groups is 1. The normalized spacial score (nSPS) is 14.9. The van der Waals surface area contributed by atoms with E-state index in [2.05, 4.69) is 19.1 Å². The topological polar surface area (TPSA) is 55.8 Å². The minimum Gasteiger partial charge on any atom is -0.489 e. The summed E-state index contributed by atoms with van der Waals surface area (Å²) in [6.07, 6.45) is 2.71. The lowest BCUT2D eigenvalue weighted by molar-refractivity contribution is -0.143. The fourth-order valence-corrected chi connectivity index (χ4v) is 4.27. The molecule has 7 heteroatoms. The third-order valence-corrected chi connectivity index (χ3v) is 5.92. The SMILES string of the molecule is CCCOC(=O)CCN1C(=O)/C(=C\c2ccc(OCc3cccc(C)c3)cc2)SC1=S. The highest BCUT2D eigenvalue weighted by molar-refractivity contribution is 8.26. The van der Waals surface area contributed by atoms with Crippen molar-refractivity contribution in [2.24, 2.45) is 0 Å². The van der Waals surface area contributed by atoms with Gasteiger partial charge in [0.05, 0.1) is 17.9 Å². The van der Waals surface area contributed by atoms with Gasteiger partial charge in [0.15, 0.2) is 0 Å². The van der Waals surface area contributed by atoms with Gasteiger partial charge >= 0.3 is 5.97 Å². The average Bonchev–Trinajstić information content (AvgIpc) is 3.02. The van der Waals surface area contributed by atoms with E-state index in [-0.39, 0.29) is 24.8 Å². The molecular formula is C24H25NO4S2. The molecule has 0 spiro atoms. The van der Waals surface area contributed by atoms with Crippen LogP contribution in [0.15, 0.2) is 53.4 Å². The fourth-order valence-electron chi connectivity index (χ4n) is 2.96. The van der Waals surface area contributed by atoms with Gasteiger partial charge < -0.3 is 9.47 Å². The number of aryl methyl sites for hydroxylation is 1. The molecule has 31 heavy (non-hydrogen) atoms. The van der Waals surface area contributed by atoms with Crippen molar-refractivity contribution < 1.29 is 19.1 Å². The Kier molecular flexibility index (Phi) is 8.26. The molecule has 0 unspecified atom stereocenters. The van der Waals surface area contributed by atoms with Crippen molar-refractivity contribution >= 4 is 46.3 Å². The number of hydrogen-bond donors (Lipinski definition) is 0. The molecular weight excluding hydrogens is 430 g/mol. The monoisotopic (exact) mass is 455 g/mol. The second kappa shape index (κ2) is 11.1. The van der Waals surface area contributed by atoms with Crippen LogP contribution in [0.4, 0.5) is 0 Å². The first kappa shape index (κ1) is 23.0. The molecule has 1 aliphatic heterocycles. The van der Waals surface area contributed by atoms with Gasteiger partial charge in [0.25, 0.3) is 5.91 Å². The van der Waals surface area contributed by atoms with Crippen molar-refractivity contribution in [2.75, 3.05) is 13.2 Å². The number of carbonyl (C=O) groups excluding carboxylic acids is 2. The first-order valence-electron chi connectivity index (χ1n) is 10.2. The van der Waals surface area contributed by atoms with E-state index in [1.807, 2.05) is 43.3 Å². The lowest BCUT2D eigenvalue weighted by atomic mass is 10.1. The molecule has 0 N–H and O–H groups in total. The zero-order valence-electron chi connectivity index (χ0n) is 17.6. The van der Waals surface area contributed by atoms with Gasteiger partial charge in [-0.05, 0) is 42.7 Å². The number of benzene rings is 2. The molecule has 1 saturated heterocycles.